The third kappa shape index (κ3) is 19.5. The topological polar surface area (TPSA) is 127 Å². The fraction of sp³-hybridized carbons (Fsp3) is 0.0545. The van der Waals surface area contributed by atoms with E-state index in [1.807, 2.05) is 399 Å². The Labute approximate surface area is 862 Å². The monoisotopic (exact) mass is 2510 g/mol. The van der Waals surface area contributed by atoms with Crippen molar-refractivity contribution in [1.82, 2.24) is 39.5 Å². The van der Waals surface area contributed by atoms with Gasteiger partial charge in [0, 0.05) is 70.3 Å². The van der Waals surface area contributed by atoms with Gasteiger partial charge in [-0.1, -0.05) is 70.4 Å². The van der Waals surface area contributed by atoms with Crippen molar-refractivity contribution in [2.75, 3.05) is 67.0 Å². The summed E-state index contributed by atoms with van der Waals surface area (Å²) in [7, 11) is 7.46. The van der Waals surface area contributed by atoms with Crippen LogP contribution in [0.25, 0.3) is 45.0 Å². The molecule has 0 N–H and O–H groups in total. The molecule has 16 aromatic rings. The van der Waals surface area contributed by atoms with Crippen LogP contribution in [-0.4, -0.2) is 95.9 Å². The molecular formula is C110H84B4Ir4N16O4. The summed E-state index contributed by atoms with van der Waals surface area (Å²) in [5, 5.41) is 0. The summed E-state index contributed by atoms with van der Waals surface area (Å²) >= 11 is 0. The quantitative estimate of drug-likeness (QED) is 0.122. The molecule has 0 saturated heterocycles. The van der Waals surface area contributed by atoms with Crippen molar-refractivity contribution in [2.45, 2.75) is 13.8 Å². The van der Waals surface area contributed by atoms with E-state index in [0.29, 0.717) is 0 Å². The predicted octanol–water partition coefficient (Wildman–Crippen LogP) is 19.1. The van der Waals surface area contributed by atoms with E-state index in [9.17, 15) is 0 Å². The maximum Gasteiger partial charge on any atom is 3.00 e. The van der Waals surface area contributed by atoms with E-state index in [1.54, 1.807) is 0 Å². The molecule has 12 aromatic carbocycles. The van der Waals surface area contributed by atoms with Crippen LogP contribution in [0.5, 0.6) is 23.0 Å². The smallest absolute Gasteiger partial charge is 0.544 e. The number of benzene rings is 12. The molecule has 676 valence electrons. The number of nitrogens with zero attached hydrogens (tertiary/aromatic N) is 16. The van der Waals surface area contributed by atoms with Crippen LogP contribution in [0.1, 0.15) is 11.1 Å². The van der Waals surface area contributed by atoms with Gasteiger partial charge < -0.3 is 97.0 Å². The molecule has 0 aliphatic carbocycles. The van der Waals surface area contributed by atoms with Gasteiger partial charge in [-0.25, -0.2) is 0 Å². The molecule has 0 amide bonds. The van der Waals surface area contributed by atoms with Crippen LogP contribution in [0, 0.1) is 89.1 Å². The molecule has 0 spiro atoms. The van der Waals surface area contributed by atoms with Gasteiger partial charge in [-0.05, 0) is 188 Å². The number of hydrogen-bond donors (Lipinski definition) is 0. The second-order valence-electron chi connectivity index (χ2n) is 32.7. The molecule has 0 fully saturated rings. The summed E-state index contributed by atoms with van der Waals surface area (Å²) in [6.07, 6.45) is 23.5. The first-order valence-corrected chi connectivity index (χ1v) is 44.0. The Morgan fingerprint density at radius 1 is 0.246 bits per heavy atom. The van der Waals surface area contributed by atoms with Crippen molar-refractivity contribution in [3.8, 4) is 68.0 Å². The summed E-state index contributed by atoms with van der Waals surface area (Å²) in [5.41, 5.74) is 27.7. The van der Waals surface area contributed by atoms with Crippen LogP contribution in [0.4, 0.5) is 68.2 Å². The predicted molar refractivity (Wildman–Crippen MR) is 538 cm³/mol. The van der Waals surface area contributed by atoms with Gasteiger partial charge in [-0.2, -0.15) is 148 Å². The summed E-state index contributed by atoms with van der Waals surface area (Å²) in [4.78, 5) is 43.5. The average molecular weight is 2510 g/mol. The largest absolute Gasteiger partial charge is 3.00 e. The minimum atomic E-state index is -0.138. The Kier molecular flexibility index (Phi) is 29.8. The molecule has 12 aliphatic rings. The third-order valence-electron chi connectivity index (χ3n) is 23.5. The van der Waals surface area contributed by atoms with Crippen LogP contribution in [0.15, 0.2) is 378 Å². The van der Waals surface area contributed by atoms with Gasteiger partial charge in [0.2, 0.25) is 0 Å². The van der Waals surface area contributed by atoms with Crippen molar-refractivity contribution in [2.24, 2.45) is 0 Å². The zero-order valence-electron chi connectivity index (χ0n) is 75.5. The van der Waals surface area contributed by atoms with Crippen LogP contribution in [0.3, 0.4) is 0 Å². The molecule has 12 aliphatic heterocycles. The molecular weight excluding hydrogens is 2420 g/mol. The minimum absolute atomic E-state index is 0. The van der Waals surface area contributed by atoms with E-state index in [0.717, 1.165) is 169 Å². The maximum atomic E-state index is 6.21. The van der Waals surface area contributed by atoms with E-state index in [4.69, 9.17) is 18.6 Å². The third-order valence-corrected chi connectivity index (χ3v) is 23.5. The molecule has 0 radical (unpaired) electrons. The number of aromatic nitrogens is 4. The van der Waals surface area contributed by atoms with Crippen molar-refractivity contribution in [3.05, 3.63) is 464 Å². The average Bonchev–Trinajstić information content (AvgIpc) is 1.59. The van der Waals surface area contributed by atoms with Gasteiger partial charge in [0.05, 0.1) is 22.7 Å². The van der Waals surface area contributed by atoms with E-state index in [-0.39, 0.29) is 109 Å². The summed E-state index contributed by atoms with van der Waals surface area (Å²) < 4.78 is 24.8. The van der Waals surface area contributed by atoms with E-state index >= 15 is 0 Å². The number of rotatable bonds is 4. The molecule has 138 heavy (non-hydrogen) atoms. The van der Waals surface area contributed by atoms with Gasteiger partial charge >= 0.3 is 109 Å². The fourth-order valence-corrected chi connectivity index (χ4v) is 17.5. The van der Waals surface area contributed by atoms with Crippen LogP contribution in [-0.2, 0) is 80.4 Å². The van der Waals surface area contributed by atoms with E-state index < -0.39 is 0 Å². The molecule has 0 atom stereocenters. The molecule has 16 heterocycles. The number of aryl methyl sites for hydroxylation is 2. The Bertz CT molecular complexity index is 6560. The van der Waals surface area contributed by atoms with Crippen LogP contribution < -0.4 is 79.3 Å². The van der Waals surface area contributed by atoms with Gasteiger partial charge in [0.15, 0.2) is 0 Å². The van der Waals surface area contributed by atoms with E-state index in [1.165, 1.54) is 0 Å². The Hall–Kier alpha value is -14.1. The van der Waals surface area contributed by atoms with Gasteiger partial charge in [0.1, 0.15) is 23.0 Å². The number of para-hydroxylation sites is 12. The number of hydrogen-bond acceptors (Lipinski definition) is 20. The van der Waals surface area contributed by atoms with Crippen molar-refractivity contribution < 1.29 is 99.0 Å². The molecule has 0 unspecified atom stereocenters. The summed E-state index contributed by atoms with van der Waals surface area (Å²) in [5.74, 6) is 3.65. The first-order chi connectivity index (χ1) is 66.0. The number of fused-ring (bicyclic) bond motifs is 32. The van der Waals surface area contributed by atoms with Gasteiger partial charge in [-0.3, -0.25) is 0 Å². The Morgan fingerprint density at radius 2 is 0.486 bits per heavy atom. The first kappa shape index (κ1) is 95.6. The van der Waals surface area contributed by atoms with Crippen LogP contribution in [0.2, 0.25) is 0 Å². The van der Waals surface area contributed by atoms with Crippen molar-refractivity contribution in [1.29, 1.82) is 0 Å². The van der Waals surface area contributed by atoms with Gasteiger partial charge in [-0.15, -0.1) is 142 Å². The second kappa shape index (κ2) is 43.0. The van der Waals surface area contributed by atoms with E-state index in [2.05, 4.69) is 174 Å². The number of pyridine rings is 4. The standard InChI is InChI=1S/2C18H12BN2O.2C17H10BN2O.4C10H10N2.4Ir/c2*1-12-10-16-18(20-11-12)13-6-2-3-7-14(13)19-21(16)15-8-4-5-9-17(15)22-19;2*1-2-7-13-12(6-1)17-15(9-5-11-19-17)20-14-8-3-4-10-16(14)21-18(13)20;4*1-11-7-8-12(9-11)10-5-3-2-4-6-10;;;;/h2*2-5,7-11H,1H3;2*1-5,7-11H;4*2-5,7-9H,1H3;;;;/q4*-1;4*-2;4*+3. The second-order valence-corrected chi connectivity index (χ2v) is 32.7. The number of anilines is 12. The molecule has 28 rings (SSSR count). The molecule has 0 bridgehead atoms. The summed E-state index contributed by atoms with van der Waals surface area (Å²) in [6.45, 7) is 12.2. The zero-order valence-corrected chi connectivity index (χ0v) is 85.1. The van der Waals surface area contributed by atoms with Crippen LogP contribution >= 0.6 is 0 Å². The molecule has 0 saturated carbocycles. The van der Waals surface area contributed by atoms with Crippen molar-refractivity contribution >= 4 is 118 Å². The SMILES string of the molecule is CN1C=CN(c2[c-]cccc2)[CH-]1.CN1C=CN(c2[c-]cccc2)[CH-]1.CN1C=CN(c2[c-]cccc2)[CH-]1.CN1C=CN(c2[c-]cccc2)[CH-]1.Cc1cnc2c(c1)N1B(Oc3ccccc31)c1ccc[c-]c1-2.Cc1cnc2c(c1)N1B(Oc3ccccc31)c1ccc[c-]c1-2.[Ir+3].[Ir+3].[Ir+3].[Ir+3].[c-]1cccc2c1-c1ncccc1N1B2Oc2ccccc21.[c-]1cccc2c1-c1ncccc1N1B2Oc2ccccc21. The minimum Gasteiger partial charge on any atom is -0.544 e. The summed E-state index contributed by atoms with van der Waals surface area (Å²) in [6, 6.07) is 127. The zero-order chi connectivity index (χ0) is 90.5. The van der Waals surface area contributed by atoms with Gasteiger partial charge in [0.25, 0.3) is 0 Å². The first-order valence-electron chi connectivity index (χ1n) is 44.0. The molecule has 20 nitrogen and oxygen atoms in total. The normalized spacial score (nSPS) is 14.1. The Morgan fingerprint density at radius 3 is 0.739 bits per heavy atom. The maximum absolute atomic E-state index is 6.21. The van der Waals surface area contributed by atoms with Crippen molar-refractivity contribution in [3.63, 3.8) is 0 Å². The molecule has 28 heteroatoms. The Balaban J connectivity index is 0.000000110. The fourth-order valence-electron chi connectivity index (χ4n) is 17.5. The molecule has 4 aromatic heterocycles.